The van der Waals surface area contributed by atoms with Crippen LogP contribution in [0.3, 0.4) is 0 Å². The second-order valence-corrected chi connectivity index (χ2v) is 5.74. The average molecular weight is 259 g/mol. The van der Waals surface area contributed by atoms with E-state index in [0.717, 1.165) is 23.8 Å². The third-order valence-electron chi connectivity index (χ3n) is 2.65. The molecular weight excluding hydrogens is 240 g/mol. The molecule has 0 aliphatic heterocycles. The number of hydrogen-bond acceptors (Lipinski definition) is 2. The first kappa shape index (κ1) is 14.5. The maximum Gasteiger partial charge on any atom is 0.159 e. The van der Waals surface area contributed by atoms with Crippen molar-refractivity contribution in [1.82, 2.24) is 0 Å². The lowest BCUT2D eigenvalue weighted by atomic mass is 10.1. The van der Waals surface area contributed by atoms with Gasteiger partial charge in [0.2, 0.25) is 0 Å². The smallest absolute Gasteiger partial charge is 0.159 e. The monoisotopic (exact) mass is 259 g/mol. The second kappa shape index (κ2) is 6.97. The standard InChI is InChI=1S/C13H19F2NS/c1-3-9(2)17-8-11(16)6-10-4-5-12(14)13(15)7-10/h4-5,7,9,11H,3,6,8,16H2,1-2H3. The Morgan fingerprint density at radius 2 is 2.00 bits per heavy atom. The van der Waals surface area contributed by atoms with E-state index in [0.29, 0.717) is 11.7 Å². The Labute approximate surface area is 106 Å². The van der Waals surface area contributed by atoms with Gasteiger partial charge in [0, 0.05) is 17.0 Å². The Balaban J connectivity index is 2.44. The molecule has 0 fully saturated rings. The second-order valence-electron chi connectivity index (χ2n) is 4.26. The highest BCUT2D eigenvalue weighted by atomic mass is 32.2. The maximum atomic E-state index is 13.0. The summed E-state index contributed by atoms with van der Waals surface area (Å²) in [6.07, 6.45) is 1.70. The van der Waals surface area contributed by atoms with Gasteiger partial charge in [-0.1, -0.05) is 19.9 Å². The molecule has 1 aromatic carbocycles. The Kier molecular flexibility index (Phi) is 5.92. The topological polar surface area (TPSA) is 26.0 Å². The summed E-state index contributed by atoms with van der Waals surface area (Å²) in [6.45, 7) is 4.30. The van der Waals surface area contributed by atoms with Crippen LogP contribution in [0.5, 0.6) is 0 Å². The number of halogens is 2. The molecule has 96 valence electrons. The SMILES string of the molecule is CCC(C)SCC(N)Cc1ccc(F)c(F)c1. The molecule has 0 saturated carbocycles. The van der Waals surface area contributed by atoms with E-state index in [1.54, 1.807) is 6.07 Å². The van der Waals surface area contributed by atoms with Crippen molar-refractivity contribution in [3.8, 4) is 0 Å². The van der Waals surface area contributed by atoms with Crippen LogP contribution in [-0.2, 0) is 6.42 Å². The third-order valence-corrected chi connectivity index (χ3v) is 4.17. The Hall–Kier alpha value is -0.610. The van der Waals surface area contributed by atoms with E-state index in [-0.39, 0.29) is 6.04 Å². The molecule has 0 saturated heterocycles. The molecule has 0 aliphatic carbocycles. The summed E-state index contributed by atoms with van der Waals surface area (Å²) in [4.78, 5) is 0. The summed E-state index contributed by atoms with van der Waals surface area (Å²) in [7, 11) is 0. The van der Waals surface area contributed by atoms with Crippen LogP contribution in [0, 0.1) is 11.6 Å². The minimum Gasteiger partial charge on any atom is -0.327 e. The lowest BCUT2D eigenvalue weighted by molar-refractivity contribution is 0.506. The van der Waals surface area contributed by atoms with Crippen molar-refractivity contribution < 1.29 is 8.78 Å². The Morgan fingerprint density at radius 1 is 1.29 bits per heavy atom. The van der Waals surface area contributed by atoms with Crippen LogP contribution in [0.2, 0.25) is 0 Å². The van der Waals surface area contributed by atoms with Gasteiger partial charge in [0.25, 0.3) is 0 Å². The summed E-state index contributed by atoms with van der Waals surface area (Å²) in [5.74, 6) is -0.769. The highest BCUT2D eigenvalue weighted by molar-refractivity contribution is 7.99. The van der Waals surface area contributed by atoms with Gasteiger partial charge < -0.3 is 5.73 Å². The van der Waals surface area contributed by atoms with E-state index in [1.165, 1.54) is 6.07 Å². The molecule has 1 aromatic rings. The van der Waals surface area contributed by atoms with E-state index in [2.05, 4.69) is 13.8 Å². The molecule has 1 rings (SSSR count). The van der Waals surface area contributed by atoms with Gasteiger partial charge in [-0.05, 0) is 30.5 Å². The Morgan fingerprint density at radius 3 is 2.59 bits per heavy atom. The van der Waals surface area contributed by atoms with Crippen LogP contribution in [0.25, 0.3) is 0 Å². The zero-order valence-electron chi connectivity index (χ0n) is 10.2. The molecule has 0 spiro atoms. The number of benzene rings is 1. The number of nitrogens with two attached hydrogens (primary N) is 1. The van der Waals surface area contributed by atoms with Gasteiger partial charge in [0.05, 0.1) is 0 Å². The van der Waals surface area contributed by atoms with Crippen LogP contribution in [0.4, 0.5) is 8.78 Å². The minimum atomic E-state index is -0.809. The molecule has 4 heteroatoms. The molecule has 2 atom stereocenters. The van der Waals surface area contributed by atoms with Crippen LogP contribution in [0.1, 0.15) is 25.8 Å². The quantitative estimate of drug-likeness (QED) is 0.847. The maximum absolute atomic E-state index is 13.0. The Bertz CT molecular complexity index is 357. The van der Waals surface area contributed by atoms with Crippen molar-refractivity contribution in [2.45, 2.75) is 38.0 Å². The first-order chi connectivity index (χ1) is 8.02. The van der Waals surface area contributed by atoms with Crippen LogP contribution < -0.4 is 5.73 Å². The largest absolute Gasteiger partial charge is 0.327 e. The molecule has 17 heavy (non-hydrogen) atoms. The van der Waals surface area contributed by atoms with E-state index in [1.807, 2.05) is 11.8 Å². The van der Waals surface area contributed by atoms with Crippen molar-refractivity contribution >= 4 is 11.8 Å². The van der Waals surface area contributed by atoms with E-state index < -0.39 is 11.6 Å². The number of hydrogen-bond donors (Lipinski definition) is 1. The van der Waals surface area contributed by atoms with Gasteiger partial charge >= 0.3 is 0 Å². The van der Waals surface area contributed by atoms with Crippen molar-refractivity contribution in [3.05, 3.63) is 35.4 Å². The van der Waals surface area contributed by atoms with Crippen LogP contribution in [-0.4, -0.2) is 17.0 Å². The van der Waals surface area contributed by atoms with E-state index in [9.17, 15) is 8.78 Å². The normalized spacial score (nSPS) is 14.6. The van der Waals surface area contributed by atoms with E-state index >= 15 is 0 Å². The fourth-order valence-corrected chi connectivity index (χ4v) is 2.36. The third kappa shape index (κ3) is 5.04. The number of thioether (sulfide) groups is 1. The molecule has 2 unspecified atom stereocenters. The predicted octanol–water partition coefficient (Wildman–Crippen LogP) is 3.37. The van der Waals surface area contributed by atoms with E-state index in [4.69, 9.17) is 5.73 Å². The molecule has 0 radical (unpaired) electrons. The minimum absolute atomic E-state index is 0.0149. The first-order valence-electron chi connectivity index (χ1n) is 5.84. The molecule has 2 N–H and O–H groups in total. The van der Waals surface area contributed by atoms with Gasteiger partial charge in [-0.15, -0.1) is 0 Å². The molecule has 0 aliphatic rings. The zero-order valence-corrected chi connectivity index (χ0v) is 11.1. The zero-order chi connectivity index (χ0) is 12.8. The number of rotatable bonds is 6. The first-order valence-corrected chi connectivity index (χ1v) is 6.89. The van der Waals surface area contributed by atoms with Crippen molar-refractivity contribution in [2.24, 2.45) is 5.73 Å². The fourth-order valence-electron chi connectivity index (χ4n) is 1.43. The molecule has 0 heterocycles. The van der Waals surface area contributed by atoms with Crippen molar-refractivity contribution in [3.63, 3.8) is 0 Å². The predicted molar refractivity (Wildman–Crippen MR) is 70.2 cm³/mol. The summed E-state index contributed by atoms with van der Waals surface area (Å²) >= 11 is 1.82. The van der Waals surface area contributed by atoms with Gasteiger partial charge in [0.1, 0.15) is 0 Å². The summed E-state index contributed by atoms with van der Waals surface area (Å²) in [5, 5.41) is 0.589. The molecular formula is C13H19F2NS. The van der Waals surface area contributed by atoms with Crippen LogP contribution in [0.15, 0.2) is 18.2 Å². The van der Waals surface area contributed by atoms with Gasteiger partial charge in [-0.2, -0.15) is 11.8 Å². The fraction of sp³-hybridized carbons (Fsp3) is 0.538. The van der Waals surface area contributed by atoms with Crippen LogP contribution >= 0.6 is 11.8 Å². The van der Waals surface area contributed by atoms with Crippen molar-refractivity contribution in [2.75, 3.05) is 5.75 Å². The highest BCUT2D eigenvalue weighted by Crippen LogP contribution is 2.16. The molecule has 0 amide bonds. The van der Waals surface area contributed by atoms with Gasteiger partial charge in [-0.25, -0.2) is 8.78 Å². The van der Waals surface area contributed by atoms with Gasteiger partial charge in [0.15, 0.2) is 11.6 Å². The average Bonchev–Trinajstić information content (AvgIpc) is 2.31. The summed E-state index contributed by atoms with van der Waals surface area (Å²) in [5.41, 5.74) is 6.71. The van der Waals surface area contributed by atoms with Gasteiger partial charge in [-0.3, -0.25) is 0 Å². The summed E-state index contributed by atoms with van der Waals surface area (Å²) in [6, 6.07) is 3.95. The molecule has 0 bridgehead atoms. The lowest BCUT2D eigenvalue weighted by Gasteiger charge is -2.14. The molecule has 1 nitrogen and oxygen atoms in total. The summed E-state index contributed by atoms with van der Waals surface area (Å²) < 4.78 is 25.7. The lowest BCUT2D eigenvalue weighted by Crippen LogP contribution is -2.26. The highest BCUT2D eigenvalue weighted by Gasteiger charge is 2.09. The molecule has 0 aromatic heterocycles. The van der Waals surface area contributed by atoms with Crippen molar-refractivity contribution in [1.29, 1.82) is 0 Å².